The van der Waals surface area contributed by atoms with Gasteiger partial charge < -0.3 is 19.1 Å². The first kappa shape index (κ1) is 19.9. The van der Waals surface area contributed by atoms with Gasteiger partial charge in [-0.25, -0.2) is 0 Å². The van der Waals surface area contributed by atoms with Crippen molar-refractivity contribution in [2.45, 2.75) is 13.0 Å². The maximum atomic E-state index is 6.38. The van der Waals surface area contributed by atoms with E-state index in [4.69, 9.17) is 14.2 Å². The Hall–Kier alpha value is -3.73. The van der Waals surface area contributed by atoms with E-state index in [1.54, 1.807) is 14.2 Å². The van der Waals surface area contributed by atoms with Gasteiger partial charge in [0, 0.05) is 30.4 Å². The highest BCUT2D eigenvalue weighted by molar-refractivity contribution is 5.99. The van der Waals surface area contributed by atoms with Crippen molar-refractivity contribution in [3.8, 4) is 39.6 Å². The van der Waals surface area contributed by atoms with Crippen molar-refractivity contribution in [3.05, 3.63) is 66.2 Å². The summed E-state index contributed by atoms with van der Waals surface area (Å²) in [6, 6.07) is 21.3. The molecular formula is C28H27N2O3+. The molecule has 166 valence electrons. The Morgan fingerprint density at radius 1 is 0.909 bits per heavy atom. The third-order valence-electron chi connectivity index (χ3n) is 6.93. The largest absolute Gasteiger partial charge is 0.493 e. The van der Waals surface area contributed by atoms with Crippen LogP contribution in [-0.4, -0.2) is 27.3 Å². The molecule has 0 bridgehead atoms. The minimum Gasteiger partial charge on any atom is -0.493 e. The number of ether oxygens (including phenoxy) is 3. The van der Waals surface area contributed by atoms with Crippen LogP contribution >= 0.6 is 0 Å². The molecular weight excluding hydrogens is 412 g/mol. The molecule has 0 radical (unpaired) electrons. The van der Waals surface area contributed by atoms with Crippen LogP contribution in [-0.2, 0) is 13.7 Å². The third-order valence-corrected chi connectivity index (χ3v) is 6.93. The van der Waals surface area contributed by atoms with E-state index in [-0.39, 0.29) is 0 Å². The van der Waals surface area contributed by atoms with Crippen LogP contribution in [0.3, 0.4) is 0 Å². The highest BCUT2D eigenvalue weighted by Crippen LogP contribution is 2.45. The van der Waals surface area contributed by atoms with Crippen LogP contribution in [0.25, 0.3) is 33.3 Å². The molecule has 5 nitrogen and oxygen atoms in total. The zero-order chi connectivity index (χ0) is 22.5. The first-order chi connectivity index (χ1) is 16.2. The zero-order valence-corrected chi connectivity index (χ0v) is 19.2. The minimum atomic E-state index is 0.522. The topological polar surface area (TPSA) is 34.8 Å². The minimum absolute atomic E-state index is 0.522. The number of fused-ring (bicyclic) bond motifs is 4. The number of pyridine rings is 1. The quantitative estimate of drug-likeness (QED) is 0.414. The smallest absolute Gasteiger partial charge is 0.223 e. The molecule has 2 aliphatic rings. The second-order valence-electron chi connectivity index (χ2n) is 8.66. The maximum Gasteiger partial charge on any atom is 0.223 e. The van der Waals surface area contributed by atoms with Gasteiger partial charge in [0.2, 0.25) is 11.2 Å². The number of hydrogen-bond donors (Lipinski definition) is 0. The summed E-state index contributed by atoms with van der Waals surface area (Å²) in [7, 11) is 5.49. The molecule has 0 aliphatic carbocycles. The van der Waals surface area contributed by atoms with E-state index >= 15 is 0 Å². The lowest BCUT2D eigenvalue weighted by Gasteiger charge is -2.34. The molecule has 0 amide bonds. The van der Waals surface area contributed by atoms with Crippen LogP contribution in [0, 0.1) is 0 Å². The lowest BCUT2D eigenvalue weighted by Crippen LogP contribution is -2.37. The monoisotopic (exact) mass is 439 g/mol. The van der Waals surface area contributed by atoms with E-state index in [1.165, 1.54) is 28.9 Å². The molecule has 3 heterocycles. The van der Waals surface area contributed by atoms with Crippen molar-refractivity contribution >= 4 is 16.6 Å². The standard InChI is InChI=1S/C28H27N2O3/c1-29-23-16-26(32-3)25(31-2)15-21(23)27(18-8-5-4-6-9-18)22-17-33-24-14-19(30-12-7-13-30)10-11-20(24)28(22)29/h4-6,8-11,14-16H,7,12-13,17H2,1-3H3/q+1. The fraction of sp³-hybridized carbons (Fsp3) is 0.250. The summed E-state index contributed by atoms with van der Waals surface area (Å²) in [6.07, 6.45) is 1.26. The molecule has 0 unspecified atom stereocenters. The summed E-state index contributed by atoms with van der Waals surface area (Å²) < 4.78 is 20.0. The third kappa shape index (κ3) is 3.03. The Balaban J connectivity index is 1.67. The number of aryl methyl sites for hydroxylation is 1. The molecule has 0 spiro atoms. The molecule has 3 aromatic carbocycles. The van der Waals surface area contributed by atoms with E-state index in [9.17, 15) is 0 Å². The summed E-state index contributed by atoms with van der Waals surface area (Å²) in [5, 5.41) is 1.12. The van der Waals surface area contributed by atoms with Gasteiger partial charge in [0.05, 0.1) is 36.8 Å². The van der Waals surface area contributed by atoms with Crippen LogP contribution in [0.4, 0.5) is 5.69 Å². The predicted octanol–water partition coefficient (Wildman–Crippen LogP) is 5.12. The van der Waals surface area contributed by atoms with Gasteiger partial charge in [-0.3, -0.25) is 0 Å². The van der Waals surface area contributed by atoms with E-state index in [2.05, 4.69) is 71.1 Å². The van der Waals surface area contributed by atoms with Gasteiger partial charge in [0.1, 0.15) is 19.4 Å². The summed E-state index contributed by atoms with van der Waals surface area (Å²) in [5.74, 6) is 2.39. The van der Waals surface area contributed by atoms with Crippen molar-refractivity contribution in [1.82, 2.24) is 0 Å². The van der Waals surface area contributed by atoms with Gasteiger partial charge in [-0.2, -0.15) is 4.57 Å². The van der Waals surface area contributed by atoms with Crippen molar-refractivity contribution in [1.29, 1.82) is 0 Å². The number of benzene rings is 3. The SMILES string of the molecule is COc1cc2c(-c3ccccc3)c3c([n+](C)c2cc1OC)-c1ccc(N2CCC2)cc1OC3. The Morgan fingerprint density at radius 3 is 2.36 bits per heavy atom. The van der Waals surface area contributed by atoms with Gasteiger partial charge in [-0.15, -0.1) is 0 Å². The first-order valence-corrected chi connectivity index (χ1v) is 11.4. The Labute approximate surface area is 193 Å². The molecule has 1 fully saturated rings. The molecule has 5 heteroatoms. The molecule has 1 aromatic heterocycles. The molecule has 0 atom stereocenters. The highest BCUT2D eigenvalue weighted by Gasteiger charge is 2.33. The van der Waals surface area contributed by atoms with Crippen molar-refractivity contribution in [2.24, 2.45) is 7.05 Å². The number of anilines is 1. The van der Waals surface area contributed by atoms with Crippen LogP contribution in [0.15, 0.2) is 60.7 Å². The Kier molecular flexibility index (Phi) is 4.64. The average molecular weight is 440 g/mol. The van der Waals surface area contributed by atoms with Crippen molar-refractivity contribution in [2.75, 3.05) is 32.2 Å². The molecule has 2 aliphatic heterocycles. The Morgan fingerprint density at radius 2 is 1.67 bits per heavy atom. The van der Waals surface area contributed by atoms with Gasteiger partial charge >= 0.3 is 0 Å². The first-order valence-electron chi connectivity index (χ1n) is 11.4. The van der Waals surface area contributed by atoms with Gasteiger partial charge in [0.25, 0.3) is 0 Å². The summed E-state index contributed by atoms with van der Waals surface area (Å²) in [5.41, 5.74) is 8.16. The number of methoxy groups -OCH3 is 2. The lowest BCUT2D eigenvalue weighted by molar-refractivity contribution is -0.634. The second-order valence-corrected chi connectivity index (χ2v) is 8.66. The van der Waals surface area contributed by atoms with E-state index in [0.29, 0.717) is 6.61 Å². The van der Waals surface area contributed by atoms with Crippen LogP contribution in [0.5, 0.6) is 17.2 Å². The van der Waals surface area contributed by atoms with Crippen LogP contribution in [0.1, 0.15) is 12.0 Å². The summed E-state index contributed by atoms with van der Waals surface area (Å²) >= 11 is 0. The second kappa shape index (κ2) is 7.69. The molecule has 4 aromatic rings. The van der Waals surface area contributed by atoms with Gasteiger partial charge in [-0.1, -0.05) is 30.3 Å². The summed E-state index contributed by atoms with van der Waals surface area (Å²) in [4.78, 5) is 2.39. The summed E-state index contributed by atoms with van der Waals surface area (Å²) in [6.45, 7) is 2.76. The van der Waals surface area contributed by atoms with Crippen LogP contribution in [0.2, 0.25) is 0 Å². The molecule has 6 rings (SSSR count). The van der Waals surface area contributed by atoms with Gasteiger partial charge in [0.15, 0.2) is 11.5 Å². The van der Waals surface area contributed by atoms with E-state index in [0.717, 1.165) is 52.4 Å². The fourth-order valence-corrected chi connectivity index (χ4v) is 5.12. The van der Waals surface area contributed by atoms with E-state index < -0.39 is 0 Å². The molecule has 0 N–H and O–H groups in total. The number of nitrogens with zero attached hydrogens (tertiary/aromatic N) is 2. The van der Waals surface area contributed by atoms with Crippen molar-refractivity contribution in [3.63, 3.8) is 0 Å². The zero-order valence-electron chi connectivity index (χ0n) is 19.2. The normalized spacial score (nSPS) is 14.2. The van der Waals surface area contributed by atoms with Crippen LogP contribution < -0.4 is 23.7 Å². The molecule has 1 saturated heterocycles. The number of hydrogen-bond acceptors (Lipinski definition) is 4. The van der Waals surface area contributed by atoms with E-state index in [1.807, 2.05) is 6.07 Å². The van der Waals surface area contributed by atoms with Crippen molar-refractivity contribution < 1.29 is 18.8 Å². The number of rotatable bonds is 4. The van der Waals surface area contributed by atoms with Gasteiger partial charge in [-0.05, 0) is 30.2 Å². The highest BCUT2D eigenvalue weighted by atomic mass is 16.5. The maximum absolute atomic E-state index is 6.38. The molecule has 0 saturated carbocycles. The Bertz CT molecular complexity index is 1380. The lowest BCUT2D eigenvalue weighted by atomic mass is 9.90. The fourth-order valence-electron chi connectivity index (χ4n) is 5.12. The molecule has 33 heavy (non-hydrogen) atoms. The number of aromatic nitrogens is 1. The predicted molar refractivity (Wildman–Crippen MR) is 130 cm³/mol. The average Bonchev–Trinajstić information content (AvgIpc) is 2.82.